The molecule has 0 aromatic rings. The summed E-state index contributed by atoms with van der Waals surface area (Å²) in [6, 6.07) is 0. The van der Waals surface area contributed by atoms with Crippen LogP contribution in [-0.2, 0) is 23.2 Å². The largest absolute Gasteiger partial charge is 0.519 e. The molecule has 1 rings (SSSR count). The van der Waals surface area contributed by atoms with E-state index < -0.39 is 34.6 Å². The van der Waals surface area contributed by atoms with Gasteiger partial charge in [-0.05, 0) is 39.3 Å². The molecule has 0 amide bonds. The second kappa shape index (κ2) is 5.14. The highest BCUT2D eigenvalue weighted by Crippen LogP contribution is 2.24. The molecule has 1 heterocycles. The Labute approximate surface area is 110 Å². The Balaban J connectivity index is 2.75. The second-order valence-corrected chi connectivity index (χ2v) is 15.3. The van der Waals surface area contributed by atoms with Crippen molar-refractivity contribution in [2.45, 2.75) is 45.4 Å². The number of carbonyl (C=O) groups is 2. The molecule has 0 aromatic heterocycles. The molecular weight excluding hydrogens is 268 g/mol. The minimum atomic E-state index is -1.96. The minimum absolute atomic E-state index is 0.0668. The van der Waals surface area contributed by atoms with Gasteiger partial charge in [0.1, 0.15) is 12.5 Å². The molecule has 0 saturated carbocycles. The highest BCUT2D eigenvalue weighted by atomic mass is 28.4. The summed E-state index contributed by atoms with van der Waals surface area (Å²) in [6.45, 7) is 11.8. The molecule has 2 atom stereocenters. The van der Waals surface area contributed by atoms with E-state index in [9.17, 15) is 9.59 Å². The van der Waals surface area contributed by atoms with Gasteiger partial charge >= 0.3 is 11.9 Å². The predicted octanol–water partition coefficient (Wildman–Crippen LogP) is 1.76. The number of hydrogen-bond acceptors (Lipinski definition) is 5. The Morgan fingerprint density at radius 2 is 1.72 bits per heavy atom. The zero-order valence-electron chi connectivity index (χ0n) is 11.9. The first kappa shape index (κ1) is 15.4. The SMILES string of the molecule is C[Si](C)(C)OC(=O)C1COC(=O)C1O[Si](C)(C)C. The molecule has 0 aliphatic carbocycles. The van der Waals surface area contributed by atoms with Gasteiger partial charge in [0.2, 0.25) is 8.32 Å². The van der Waals surface area contributed by atoms with Crippen molar-refractivity contribution in [2.24, 2.45) is 5.92 Å². The van der Waals surface area contributed by atoms with Crippen LogP contribution >= 0.6 is 0 Å². The quantitative estimate of drug-likeness (QED) is 0.583. The van der Waals surface area contributed by atoms with E-state index in [-0.39, 0.29) is 12.6 Å². The van der Waals surface area contributed by atoms with Crippen molar-refractivity contribution in [3.63, 3.8) is 0 Å². The Kier molecular flexibility index (Phi) is 4.40. The number of rotatable bonds is 4. The zero-order chi connectivity index (χ0) is 14.1. The minimum Gasteiger partial charge on any atom is -0.519 e. The normalized spacial score (nSPS) is 24.9. The van der Waals surface area contributed by atoms with Gasteiger partial charge in [-0.1, -0.05) is 0 Å². The van der Waals surface area contributed by atoms with E-state index >= 15 is 0 Å². The molecule has 0 radical (unpaired) electrons. The van der Waals surface area contributed by atoms with Crippen molar-refractivity contribution < 1.29 is 23.2 Å². The lowest BCUT2D eigenvalue weighted by molar-refractivity contribution is -0.146. The molecule has 18 heavy (non-hydrogen) atoms. The van der Waals surface area contributed by atoms with Gasteiger partial charge in [-0.15, -0.1) is 0 Å². The van der Waals surface area contributed by atoms with E-state index in [0.717, 1.165) is 0 Å². The summed E-state index contributed by atoms with van der Waals surface area (Å²) in [5.74, 6) is -1.44. The van der Waals surface area contributed by atoms with Crippen LogP contribution in [0.3, 0.4) is 0 Å². The van der Waals surface area contributed by atoms with Crippen molar-refractivity contribution in [3.8, 4) is 0 Å². The summed E-state index contributed by atoms with van der Waals surface area (Å²) >= 11 is 0. The van der Waals surface area contributed by atoms with Crippen molar-refractivity contribution in [3.05, 3.63) is 0 Å². The Hall–Kier alpha value is -0.666. The van der Waals surface area contributed by atoms with Crippen molar-refractivity contribution in [1.82, 2.24) is 0 Å². The third kappa shape index (κ3) is 4.54. The van der Waals surface area contributed by atoms with Gasteiger partial charge < -0.3 is 13.6 Å². The Morgan fingerprint density at radius 3 is 2.17 bits per heavy atom. The van der Waals surface area contributed by atoms with Gasteiger partial charge in [0.25, 0.3) is 0 Å². The first-order chi connectivity index (χ1) is 7.99. The Bertz CT molecular complexity index is 342. The topological polar surface area (TPSA) is 61.8 Å². The highest BCUT2D eigenvalue weighted by Gasteiger charge is 2.46. The molecule has 7 heteroatoms. The van der Waals surface area contributed by atoms with Gasteiger partial charge in [-0.2, -0.15) is 0 Å². The van der Waals surface area contributed by atoms with Crippen LogP contribution < -0.4 is 0 Å². The summed E-state index contributed by atoms with van der Waals surface area (Å²) in [4.78, 5) is 23.6. The molecule has 104 valence electrons. The number of cyclic esters (lactones) is 1. The third-order valence-corrected chi connectivity index (χ3v) is 3.97. The van der Waals surface area contributed by atoms with Gasteiger partial charge in [-0.25, -0.2) is 4.79 Å². The van der Waals surface area contributed by atoms with Crippen LogP contribution in [0.5, 0.6) is 0 Å². The number of esters is 1. The van der Waals surface area contributed by atoms with Gasteiger partial charge in [0.15, 0.2) is 14.4 Å². The molecule has 1 aliphatic heterocycles. The maximum Gasteiger partial charge on any atom is 0.335 e. The molecule has 0 aromatic carbocycles. The average Bonchev–Trinajstić information content (AvgIpc) is 2.42. The van der Waals surface area contributed by atoms with Gasteiger partial charge in [-0.3, -0.25) is 4.79 Å². The van der Waals surface area contributed by atoms with Crippen LogP contribution in [0.1, 0.15) is 0 Å². The lowest BCUT2D eigenvalue weighted by Gasteiger charge is -2.25. The van der Waals surface area contributed by atoms with E-state index in [0.29, 0.717) is 0 Å². The molecule has 0 bridgehead atoms. The second-order valence-electron chi connectivity index (χ2n) is 6.42. The summed E-state index contributed by atoms with van der Waals surface area (Å²) < 4.78 is 16.1. The third-order valence-electron chi connectivity index (χ3n) is 2.19. The fourth-order valence-corrected chi connectivity index (χ4v) is 3.36. The van der Waals surface area contributed by atoms with Crippen LogP contribution in [0, 0.1) is 5.92 Å². The van der Waals surface area contributed by atoms with Crippen LogP contribution in [-0.4, -0.2) is 41.3 Å². The fraction of sp³-hybridized carbons (Fsp3) is 0.818. The lowest BCUT2D eigenvalue weighted by Crippen LogP contribution is -2.43. The van der Waals surface area contributed by atoms with Crippen LogP contribution in [0.2, 0.25) is 39.3 Å². The standard InChI is InChI=1S/C11H22O5Si2/c1-17(2,3)15-9-8(7-14-11(9)13)10(12)16-18(4,5)6/h8-9H,7H2,1-6H3. The van der Waals surface area contributed by atoms with E-state index in [2.05, 4.69) is 0 Å². The highest BCUT2D eigenvalue weighted by molar-refractivity contribution is 6.71. The predicted molar refractivity (Wildman–Crippen MR) is 72.1 cm³/mol. The number of ether oxygens (including phenoxy) is 1. The van der Waals surface area contributed by atoms with E-state index in [1.54, 1.807) is 0 Å². The average molecular weight is 290 g/mol. The number of hydrogen-bond donors (Lipinski definition) is 0. The molecular formula is C11H22O5Si2. The van der Waals surface area contributed by atoms with Crippen molar-refractivity contribution >= 4 is 28.6 Å². The summed E-state index contributed by atoms with van der Waals surface area (Å²) in [5.41, 5.74) is 0. The van der Waals surface area contributed by atoms with Crippen LogP contribution in [0.25, 0.3) is 0 Å². The molecule has 0 N–H and O–H groups in total. The molecule has 0 spiro atoms. The smallest absolute Gasteiger partial charge is 0.335 e. The summed E-state index contributed by atoms with van der Waals surface area (Å²) in [5, 5.41) is 0. The van der Waals surface area contributed by atoms with Crippen LogP contribution in [0.4, 0.5) is 0 Å². The monoisotopic (exact) mass is 290 g/mol. The van der Waals surface area contributed by atoms with Crippen molar-refractivity contribution in [2.75, 3.05) is 6.61 Å². The van der Waals surface area contributed by atoms with E-state index in [1.807, 2.05) is 39.3 Å². The zero-order valence-corrected chi connectivity index (χ0v) is 13.9. The molecule has 1 aliphatic rings. The lowest BCUT2D eigenvalue weighted by atomic mass is 10.1. The van der Waals surface area contributed by atoms with Crippen LogP contribution in [0.15, 0.2) is 0 Å². The maximum atomic E-state index is 12.0. The number of carbonyl (C=O) groups excluding carboxylic acids is 2. The van der Waals surface area contributed by atoms with E-state index in [4.69, 9.17) is 13.6 Å². The summed E-state index contributed by atoms with van der Waals surface area (Å²) in [7, 11) is -3.87. The molecule has 5 nitrogen and oxygen atoms in total. The first-order valence-electron chi connectivity index (χ1n) is 6.07. The maximum absolute atomic E-state index is 12.0. The van der Waals surface area contributed by atoms with Gasteiger partial charge in [0.05, 0.1) is 0 Å². The van der Waals surface area contributed by atoms with Crippen molar-refractivity contribution in [1.29, 1.82) is 0 Å². The molecule has 1 saturated heterocycles. The molecule has 1 fully saturated rings. The summed E-state index contributed by atoms with van der Waals surface area (Å²) in [6.07, 6.45) is -0.791. The molecule has 2 unspecified atom stereocenters. The fourth-order valence-electron chi connectivity index (χ4n) is 1.59. The Morgan fingerprint density at radius 1 is 1.17 bits per heavy atom. The first-order valence-corrected chi connectivity index (χ1v) is 12.9. The van der Waals surface area contributed by atoms with Gasteiger partial charge in [0, 0.05) is 0 Å². The van der Waals surface area contributed by atoms with E-state index in [1.165, 1.54) is 0 Å².